The van der Waals surface area contributed by atoms with Crippen LogP contribution in [-0.2, 0) is 11.2 Å². The largest absolute Gasteiger partial charge is 0.492 e. The molecule has 0 unspecified atom stereocenters. The van der Waals surface area contributed by atoms with Gasteiger partial charge in [0.25, 0.3) is 0 Å². The number of aromatic nitrogens is 1. The molecule has 0 fully saturated rings. The van der Waals surface area contributed by atoms with E-state index < -0.39 is 0 Å². The molecule has 1 aromatic heterocycles. The molecule has 0 saturated heterocycles. The molecule has 0 aliphatic heterocycles. The third-order valence-electron chi connectivity index (χ3n) is 3.94. The molecular weight excluding hydrogens is 350 g/mol. The van der Waals surface area contributed by atoms with Crippen molar-refractivity contribution in [1.82, 2.24) is 15.8 Å². The summed E-state index contributed by atoms with van der Waals surface area (Å²) < 4.78 is 5.58. The summed E-state index contributed by atoms with van der Waals surface area (Å²) in [7, 11) is 0. The van der Waals surface area contributed by atoms with Crippen LogP contribution in [0.4, 0.5) is 0 Å². The summed E-state index contributed by atoms with van der Waals surface area (Å²) in [5, 5.41) is 12.7. The quantitative estimate of drug-likeness (QED) is 0.292. The highest BCUT2D eigenvalue weighted by Crippen LogP contribution is 2.18. The summed E-state index contributed by atoms with van der Waals surface area (Å²) in [6.07, 6.45) is 2.19. The third-order valence-corrected chi connectivity index (χ3v) is 4.26. The summed E-state index contributed by atoms with van der Waals surface area (Å²) in [4.78, 5) is 15.5. The molecule has 0 atom stereocenters. The molecule has 3 rings (SSSR count). The SMILES string of the molecule is O=C(Cc1c[nH]c2ccccc12)NCCOc1ccc(C(=S)NO)cc1. The molecule has 0 saturated carbocycles. The number of amides is 1. The molecule has 0 aliphatic carbocycles. The van der Waals surface area contributed by atoms with Crippen molar-refractivity contribution in [3.63, 3.8) is 0 Å². The van der Waals surface area contributed by atoms with Crippen LogP contribution in [0.5, 0.6) is 5.75 Å². The van der Waals surface area contributed by atoms with Crippen molar-refractivity contribution in [2.75, 3.05) is 13.2 Å². The van der Waals surface area contributed by atoms with E-state index >= 15 is 0 Å². The van der Waals surface area contributed by atoms with Gasteiger partial charge in [-0.05, 0) is 35.9 Å². The van der Waals surface area contributed by atoms with Crippen LogP contribution in [0.2, 0.25) is 0 Å². The summed E-state index contributed by atoms with van der Waals surface area (Å²) >= 11 is 4.92. The van der Waals surface area contributed by atoms with Crippen LogP contribution < -0.4 is 15.5 Å². The van der Waals surface area contributed by atoms with Crippen LogP contribution >= 0.6 is 12.2 Å². The fourth-order valence-electron chi connectivity index (χ4n) is 2.64. The lowest BCUT2D eigenvalue weighted by Crippen LogP contribution is -2.29. The van der Waals surface area contributed by atoms with Crippen LogP contribution in [0, 0.1) is 0 Å². The zero-order valence-corrected chi connectivity index (χ0v) is 14.8. The Morgan fingerprint density at radius 1 is 1.15 bits per heavy atom. The minimum absolute atomic E-state index is 0.0481. The van der Waals surface area contributed by atoms with Gasteiger partial charge in [-0.25, -0.2) is 0 Å². The maximum Gasteiger partial charge on any atom is 0.224 e. The standard InChI is InChI=1S/C19H19N3O3S/c23-18(11-14-12-21-17-4-2-1-3-16(14)17)20-9-10-25-15-7-5-13(6-8-15)19(26)22-24/h1-8,12,21,24H,9-11H2,(H,20,23)(H,22,26). The fraction of sp³-hybridized carbons (Fsp3) is 0.158. The molecule has 6 nitrogen and oxygen atoms in total. The molecule has 1 amide bonds. The minimum atomic E-state index is -0.0481. The number of hydrogen-bond donors (Lipinski definition) is 4. The molecule has 26 heavy (non-hydrogen) atoms. The number of hydroxylamine groups is 1. The van der Waals surface area contributed by atoms with Crippen LogP contribution in [0.3, 0.4) is 0 Å². The van der Waals surface area contributed by atoms with Crippen molar-refractivity contribution >= 4 is 34.0 Å². The van der Waals surface area contributed by atoms with Crippen LogP contribution in [0.15, 0.2) is 54.7 Å². The number of thiocarbonyl (C=S) groups is 1. The van der Waals surface area contributed by atoms with E-state index in [0.29, 0.717) is 30.9 Å². The van der Waals surface area contributed by atoms with Gasteiger partial charge in [0.1, 0.15) is 17.3 Å². The van der Waals surface area contributed by atoms with Gasteiger partial charge >= 0.3 is 0 Å². The first-order chi connectivity index (χ1) is 12.7. The number of aromatic amines is 1. The number of hydrogen-bond acceptors (Lipinski definition) is 4. The first-order valence-electron chi connectivity index (χ1n) is 8.16. The molecule has 7 heteroatoms. The van der Waals surface area contributed by atoms with Gasteiger partial charge in [-0.1, -0.05) is 30.4 Å². The Balaban J connectivity index is 1.43. The molecule has 0 radical (unpaired) electrons. The molecule has 3 aromatic rings. The van der Waals surface area contributed by atoms with Gasteiger partial charge in [0.15, 0.2) is 0 Å². The molecule has 0 bridgehead atoms. The second kappa shape index (κ2) is 8.46. The number of para-hydroxylation sites is 1. The van der Waals surface area contributed by atoms with E-state index in [1.54, 1.807) is 24.3 Å². The van der Waals surface area contributed by atoms with Gasteiger partial charge in [-0.3, -0.25) is 15.5 Å². The van der Waals surface area contributed by atoms with Gasteiger partial charge in [-0.15, -0.1) is 0 Å². The second-order valence-corrected chi connectivity index (χ2v) is 6.11. The Labute approximate surface area is 156 Å². The van der Waals surface area contributed by atoms with E-state index in [1.165, 1.54) is 0 Å². The topological polar surface area (TPSA) is 86.4 Å². The summed E-state index contributed by atoms with van der Waals surface area (Å²) in [5.41, 5.74) is 4.63. The van der Waals surface area contributed by atoms with Gasteiger partial charge < -0.3 is 15.0 Å². The van der Waals surface area contributed by atoms with Gasteiger partial charge in [0, 0.05) is 22.7 Å². The van der Waals surface area contributed by atoms with Crippen molar-refractivity contribution in [1.29, 1.82) is 0 Å². The van der Waals surface area contributed by atoms with Crippen LogP contribution in [-0.4, -0.2) is 34.2 Å². The molecule has 0 aliphatic rings. The van der Waals surface area contributed by atoms with Gasteiger partial charge in [0.2, 0.25) is 5.91 Å². The zero-order chi connectivity index (χ0) is 18.4. The van der Waals surface area contributed by atoms with E-state index in [9.17, 15) is 4.79 Å². The van der Waals surface area contributed by atoms with Gasteiger partial charge in [-0.2, -0.15) is 0 Å². The summed E-state index contributed by atoms with van der Waals surface area (Å²) in [6.45, 7) is 0.779. The van der Waals surface area contributed by atoms with E-state index in [1.807, 2.05) is 35.9 Å². The smallest absolute Gasteiger partial charge is 0.224 e. The number of H-pyrrole nitrogens is 1. The van der Waals surface area contributed by atoms with Crippen molar-refractivity contribution in [2.24, 2.45) is 0 Å². The predicted octanol–water partition coefficient (Wildman–Crippen LogP) is 2.56. The van der Waals surface area contributed by atoms with Crippen LogP contribution in [0.1, 0.15) is 11.1 Å². The minimum Gasteiger partial charge on any atom is -0.492 e. The Bertz CT molecular complexity index is 906. The summed E-state index contributed by atoms with van der Waals surface area (Å²) in [6, 6.07) is 14.9. The molecule has 134 valence electrons. The summed E-state index contributed by atoms with van der Waals surface area (Å²) in [5.74, 6) is 0.619. The Hall–Kier alpha value is -2.90. The van der Waals surface area contributed by atoms with Crippen molar-refractivity contribution < 1.29 is 14.7 Å². The van der Waals surface area contributed by atoms with E-state index in [0.717, 1.165) is 16.5 Å². The average Bonchev–Trinajstić information content (AvgIpc) is 3.08. The van der Waals surface area contributed by atoms with Crippen LogP contribution in [0.25, 0.3) is 10.9 Å². The maximum atomic E-state index is 12.1. The number of carbonyl (C=O) groups is 1. The Morgan fingerprint density at radius 2 is 1.92 bits per heavy atom. The van der Waals surface area contributed by atoms with Gasteiger partial charge in [0.05, 0.1) is 13.0 Å². The molecule has 0 spiro atoms. The van der Waals surface area contributed by atoms with Crippen molar-refractivity contribution in [3.8, 4) is 5.75 Å². The lowest BCUT2D eigenvalue weighted by atomic mass is 10.1. The van der Waals surface area contributed by atoms with E-state index in [4.69, 9.17) is 22.2 Å². The average molecular weight is 369 g/mol. The normalized spacial score (nSPS) is 10.5. The predicted molar refractivity (Wildman–Crippen MR) is 104 cm³/mol. The number of rotatable bonds is 7. The monoisotopic (exact) mass is 369 g/mol. The van der Waals surface area contributed by atoms with Crippen molar-refractivity contribution in [3.05, 3.63) is 65.9 Å². The second-order valence-electron chi connectivity index (χ2n) is 5.70. The van der Waals surface area contributed by atoms with Crippen molar-refractivity contribution in [2.45, 2.75) is 6.42 Å². The molecule has 1 heterocycles. The number of fused-ring (bicyclic) bond motifs is 1. The zero-order valence-electron chi connectivity index (χ0n) is 14.0. The highest BCUT2D eigenvalue weighted by atomic mass is 32.1. The first kappa shape index (κ1) is 17.9. The lowest BCUT2D eigenvalue weighted by molar-refractivity contribution is -0.120. The van der Waals surface area contributed by atoms with E-state index in [2.05, 4.69) is 10.3 Å². The first-order valence-corrected chi connectivity index (χ1v) is 8.57. The maximum absolute atomic E-state index is 12.1. The molecular formula is C19H19N3O3S. The number of benzene rings is 2. The number of ether oxygens (including phenoxy) is 1. The Kier molecular flexibility index (Phi) is 5.83. The highest BCUT2D eigenvalue weighted by Gasteiger charge is 2.08. The number of carbonyl (C=O) groups excluding carboxylic acids is 1. The fourth-order valence-corrected chi connectivity index (χ4v) is 2.78. The molecule has 2 aromatic carbocycles. The van der Waals surface area contributed by atoms with E-state index in [-0.39, 0.29) is 10.9 Å². The third kappa shape index (κ3) is 4.38. The highest BCUT2D eigenvalue weighted by molar-refractivity contribution is 7.80. The number of nitrogens with one attached hydrogen (secondary N) is 3. The Morgan fingerprint density at radius 3 is 2.69 bits per heavy atom. The molecule has 4 N–H and O–H groups in total. The lowest BCUT2D eigenvalue weighted by Gasteiger charge is -2.08.